The molecule has 2 aromatic carbocycles. The molecule has 2 heterocycles. The van der Waals surface area contributed by atoms with Gasteiger partial charge in [-0.05, 0) is 43.3 Å². The largest absolute Gasteiger partial charge is 0.348 e. The fourth-order valence-corrected chi connectivity index (χ4v) is 4.20. The molecule has 1 spiro atoms. The van der Waals surface area contributed by atoms with E-state index in [1.54, 1.807) is 4.90 Å². The maximum absolute atomic E-state index is 13.1. The van der Waals surface area contributed by atoms with Gasteiger partial charge in [0.25, 0.3) is 11.8 Å². The topological polar surface area (TPSA) is 52.7 Å². The van der Waals surface area contributed by atoms with Gasteiger partial charge in [0, 0.05) is 38.0 Å². The molecule has 27 heavy (non-hydrogen) atoms. The molecular formula is C21H22FN3O2. The Kier molecular flexibility index (Phi) is 4.34. The van der Waals surface area contributed by atoms with E-state index in [0.29, 0.717) is 37.1 Å². The summed E-state index contributed by atoms with van der Waals surface area (Å²) in [6.07, 6.45) is 1.29. The molecule has 0 radical (unpaired) electrons. The zero-order valence-electron chi connectivity index (χ0n) is 15.2. The van der Waals surface area contributed by atoms with Gasteiger partial charge in [-0.15, -0.1) is 0 Å². The number of benzene rings is 2. The molecule has 5 nitrogen and oxygen atoms in total. The van der Waals surface area contributed by atoms with Gasteiger partial charge in [-0.2, -0.15) is 0 Å². The van der Waals surface area contributed by atoms with Crippen LogP contribution in [0.4, 0.5) is 10.1 Å². The van der Waals surface area contributed by atoms with Crippen molar-refractivity contribution in [2.45, 2.75) is 25.4 Å². The van der Waals surface area contributed by atoms with Crippen molar-refractivity contribution in [1.29, 1.82) is 0 Å². The first-order chi connectivity index (χ1) is 13.0. The highest BCUT2D eigenvalue weighted by molar-refractivity contribution is 6.02. The number of hydrogen-bond acceptors (Lipinski definition) is 3. The summed E-state index contributed by atoms with van der Waals surface area (Å²) >= 11 is 0. The Morgan fingerprint density at radius 3 is 2.44 bits per heavy atom. The highest BCUT2D eigenvalue weighted by atomic mass is 19.1. The predicted octanol–water partition coefficient (Wildman–Crippen LogP) is 3.03. The average molecular weight is 367 g/mol. The summed E-state index contributed by atoms with van der Waals surface area (Å²) in [5, 5.41) is 3.20. The second-order valence-electron chi connectivity index (χ2n) is 7.05. The zero-order valence-corrected chi connectivity index (χ0v) is 15.2. The number of carbonyl (C=O) groups is 2. The van der Waals surface area contributed by atoms with Crippen molar-refractivity contribution in [1.82, 2.24) is 10.2 Å². The highest BCUT2D eigenvalue weighted by Crippen LogP contribution is 2.37. The van der Waals surface area contributed by atoms with Crippen molar-refractivity contribution in [2.75, 3.05) is 24.5 Å². The number of anilines is 1. The molecule has 0 bridgehead atoms. The van der Waals surface area contributed by atoms with Crippen LogP contribution >= 0.6 is 0 Å². The van der Waals surface area contributed by atoms with Gasteiger partial charge in [0.2, 0.25) is 0 Å². The third kappa shape index (κ3) is 2.95. The molecule has 1 N–H and O–H groups in total. The molecule has 1 fully saturated rings. The Morgan fingerprint density at radius 2 is 1.78 bits per heavy atom. The van der Waals surface area contributed by atoms with Crippen molar-refractivity contribution < 1.29 is 14.0 Å². The fourth-order valence-electron chi connectivity index (χ4n) is 4.20. The van der Waals surface area contributed by atoms with E-state index < -0.39 is 5.66 Å². The van der Waals surface area contributed by atoms with Crippen LogP contribution in [0.1, 0.15) is 40.5 Å². The molecule has 0 atom stereocenters. The molecule has 0 saturated carbocycles. The molecule has 0 unspecified atom stereocenters. The van der Waals surface area contributed by atoms with Crippen molar-refractivity contribution in [3.05, 3.63) is 65.5 Å². The summed E-state index contributed by atoms with van der Waals surface area (Å²) in [7, 11) is 0. The van der Waals surface area contributed by atoms with Gasteiger partial charge in [-0.1, -0.05) is 12.1 Å². The number of halogens is 1. The third-order valence-corrected chi connectivity index (χ3v) is 5.59. The lowest BCUT2D eigenvalue weighted by atomic mass is 9.89. The van der Waals surface area contributed by atoms with E-state index in [-0.39, 0.29) is 17.6 Å². The lowest BCUT2D eigenvalue weighted by molar-refractivity contribution is 0.0603. The predicted molar refractivity (Wildman–Crippen MR) is 101 cm³/mol. The normalized spacial score (nSPS) is 18.2. The second kappa shape index (κ2) is 6.68. The maximum Gasteiger partial charge on any atom is 0.255 e. The number of nitrogens with one attached hydrogen (secondary N) is 1. The Bertz CT molecular complexity index is 873. The number of carbonyl (C=O) groups excluding carboxylic acids is 2. The van der Waals surface area contributed by atoms with Crippen molar-refractivity contribution in [3.63, 3.8) is 0 Å². The van der Waals surface area contributed by atoms with Crippen molar-refractivity contribution in [2.24, 2.45) is 0 Å². The lowest BCUT2D eigenvalue weighted by Gasteiger charge is -2.52. The molecule has 1 saturated heterocycles. The van der Waals surface area contributed by atoms with Gasteiger partial charge in [-0.3, -0.25) is 9.59 Å². The molecule has 140 valence electrons. The van der Waals surface area contributed by atoms with Gasteiger partial charge in [-0.25, -0.2) is 4.39 Å². The number of para-hydroxylation sites is 1. The third-order valence-electron chi connectivity index (χ3n) is 5.59. The molecular weight excluding hydrogens is 345 g/mol. The first-order valence-corrected chi connectivity index (χ1v) is 9.28. The van der Waals surface area contributed by atoms with E-state index in [9.17, 15) is 14.0 Å². The quantitative estimate of drug-likeness (QED) is 0.888. The molecule has 2 aliphatic rings. The Morgan fingerprint density at radius 1 is 1.11 bits per heavy atom. The van der Waals surface area contributed by atoms with Crippen molar-refractivity contribution in [3.8, 4) is 0 Å². The number of likely N-dealkylation sites (tertiary alicyclic amines) is 1. The summed E-state index contributed by atoms with van der Waals surface area (Å²) in [5.74, 6) is -0.518. The van der Waals surface area contributed by atoms with Gasteiger partial charge in [0.1, 0.15) is 11.5 Å². The summed E-state index contributed by atoms with van der Waals surface area (Å²) < 4.78 is 13.1. The van der Waals surface area contributed by atoms with Crippen LogP contribution in [0.3, 0.4) is 0 Å². The SMILES string of the molecule is CCN1c2ccccc2C(=O)NC12CCN(C(=O)c1ccc(F)cc1)CC2. The summed E-state index contributed by atoms with van der Waals surface area (Å²) in [6.45, 7) is 3.92. The summed E-state index contributed by atoms with van der Waals surface area (Å²) in [4.78, 5) is 29.4. The second-order valence-corrected chi connectivity index (χ2v) is 7.05. The number of fused-ring (bicyclic) bond motifs is 1. The standard InChI is InChI=1S/C21H22FN3O2/c1-2-25-18-6-4-3-5-17(18)19(26)23-21(25)11-13-24(14-12-21)20(27)15-7-9-16(22)10-8-15/h3-10H,2,11-14H2,1H3,(H,23,26). The van der Waals surface area contributed by atoms with Crippen LogP contribution in [0.25, 0.3) is 0 Å². The number of amides is 2. The minimum atomic E-state index is -0.472. The first-order valence-electron chi connectivity index (χ1n) is 9.28. The van der Waals surface area contributed by atoms with E-state index in [2.05, 4.69) is 17.1 Å². The van der Waals surface area contributed by atoms with Crippen LogP contribution < -0.4 is 10.2 Å². The molecule has 2 amide bonds. The minimum Gasteiger partial charge on any atom is -0.348 e. The first kappa shape index (κ1) is 17.5. The fraction of sp³-hybridized carbons (Fsp3) is 0.333. The van der Waals surface area contributed by atoms with Crippen LogP contribution in [0.2, 0.25) is 0 Å². The average Bonchev–Trinajstić information content (AvgIpc) is 2.69. The molecule has 0 aromatic heterocycles. The molecule has 0 aliphatic carbocycles. The van der Waals surface area contributed by atoms with Crippen LogP contribution in [0, 0.1) is 5.82 Å². The summed E-state index contributed by atoms with van der Waals surface area (Å²) in [5.41, 5.74) is 1.65. The van der Waals surface area contributed by atoms with Gasteiger partial charge >= 0.3 is 0 Å². The lowest BCUT2D eigenvalue weighted by Crippen LogP contribution is -2.68. The smallest absolute Gasteiger partial charge is 0.255 e. The Balaban J connectivity index is 1.55. The van der Waals surface area contributed by atoms with Crippen molar-refractivity contribution >= 4 is 17.5 Å². The maximum atomic E-state index is 13.1. The number of rotatable bonds is 2. The van der Waals surface area contributed by atoms with Crippen LogP contribution in [-0.4, -0.2) is 42.0 Å². The number of nitrogens with zero attached hydrogens (tertiary/aromatic N) is 2. The Hall–Kier alpha value is -2.89. The van der Waals surface area contributed by atoms with E-state index in [1.165, 1.54) is 24.3 Å². The Labute approximate surface area is 157 Å². The summed E-state index contributed by atoms with van der Waals surface area (Å²) in [6, 6.07) is 13.3. The van der Waals surface area contributed by atoms with E-state index in [1.807, 2.05) is 24.3 Å². The number of piperidine rings is 1. The molecule has 4 rings (SSSR count). The van der Waals surface area contributed by atoms with Crippen LogP contribution in [-0.2, 0) is 0 Å². The van der Waals surface area contributed by atoms with Crippen LogP contribution in [0.15, 0.2) is 48.5 Å². The van der Waals surface area contributed by atoms with Gasteiger partial charge < -0.3 is 15.1 Å². The molecule has 2 aromatic rings. The molecule has 2 aliphatic heterocycles. The van der Waals surface area contributed by atoms with E-state index in [4.69, 9.17) is 0 Å². The zero-order chi connectivity index (χ0) is 19.0. The highest BCUT2D eigenvalue weighted by Gasteiger charge is 2.45. The van der Waals surface area contributed by atoms with Gasteiger partial charge in [0.15, 0.2) is 0 Å². The van der Waals surface area contributed by atoms with E-state index >= 15 is 0 Å². The molecule has 6 heteroatoms. The van der Waals surface area contributed by atoms with E-state index in [0.717, 1.165) is 12.2 Å². The van der Waals surface area contributed by atoms with Gasteiger partial charge in [0.05, 0.1) is 11.3 Å². The number of hydrogen-bond donors (Lipinski definition) is 1. The monoisotopic (exact) mass is 367 g/mol. The minimum absolute atomic E-state index is 0.0615. The van der Waals surface area contributed by atoms with Crippen LogP contribution in [0.5, 0.6) is 0 Å².